The van der Waals surface area contributed by atoms with E-state index in [-0.39, 0.29) is 28.2 Å². The molecular weight excluding hydrogens is 275 g/mol. The molecule has 0 heterocycles. The van der Waals surface area contributed by atoms with E-state index in [4.69, 9.17) is 28.9 Å². The van der Waals surface area contributed by atoms with E-state index in [0.29, 0.717) is 12.0 Å². The number of nitrogen functional groups attached to an aromatic ring is 1. The van der Waals surface area contributed by atoms with Crippen molar-refractivity contribution in [3.05, 3.63) is 27.7 Å². The van der Waals surface area contributed by atoms with Gasteiger partial charge in [-0.3, -0.25) is 4.79 Å². The molecule has 1 amide bonds. The molecule has 0 aliphatic heterocycles. The maximum atomic E-state index is 12.0. The number of hydrogen-bond donors (Lipinski definition) is 3. The van der Waals surface area contributed by atoms with Crippen molar-refractivity contribution >= 4 is 34.8 Å². The number of nitrogens with one attached hydrogen (secondary N) is 1. The van der Waals surface area contributed by atoms with Crippen LogP contribution in [0.2, 0.25) is 10.0 Å². The Hall–Kier alpha value is -0.970. The monoisotopic (exact) mass is 290 g/mol. The lowest BCUT2D eigenvalue weighted by Gasteiger charge is -2.27. The molecule has 6 heteroatoms. The fourth-order valence-electron chi connectivity index (χ4n) is 1.33. The molecule has 0 saturated carbocycles. The highest BCUT2D eigenvalue weighted by Crippen LogP contribution is 2.29. The molecule has 0 spiro atoms. The van der Waals surface area contributed by atoms with E-state index >= 15 is 0 Å². The minimum atomic E-state index is -0.669. The zero-order chi connectivity index (χ0) is 13.9. The lowest BCUT2D eigenvalue weighted by molar-refractivity contribution is 0.0847. The van der Waals surface area contributed by atoms with Crippen molar-refractivity contribution in [2.75, 3.05) is 12.3 Å². The van der Waals surface area contributed by atoms with Crippen molar-refractivity contribution in [3.63, 3.8) is 0 Å². The summed E-state index contributed by atoms with van der Waals surface area (Å²) in [6, 6.07) is 2.90. The Morgan fingerprint density at radius 2 is 2.11 bits per heavy atom. The van der Waals surface area contributed by atoms with Gasteiger partial charge in [-0.2, -0.15) is 0 Å². The van der Waals surface area contributed by atoms with E-state index in [1.165, 1.54) is 12.1 Å². The predicted molar refractivity (Wildman–Crippen MR) is 74.1 cm³/mol. The molecule has 1 aromatic carbocycles. The van der Waals surface area contributed by atoms with Gasteiger partial charge in [0.2, 0.25) is 0 Å². The Morgan fingerprint density at radius 1 is 1.50 bits per heavy atom. The molecule has 0 radical (unpaired) electrons. The zero-order valence-corrected chi connectivity index (χ0v) is 11.8. The number of nitrogens with two attached hydrogens (primary N) is 1. The van der Waals surface area contributed by atoms with E-state index in [1.807, 2.05) is 6.92 Å². The molecule has 1 atom stereocenters. The molecule has 0 saturated heterocycles. The third-order valence-electron chi connectivity index (χ3n) is 2.86. The van der Waals surface area contributed by atoms with Gasteiger partial charge in [0.25, 0.3) is 5.91 Å². The van der Waals surface area contributed by atoms with Gasteiger partial charge in [0.1, 0.15) is 0 Å². The molecule has 4 N–H and O–H groups in total. The predicted octanol–water partition coefficient (Wildman–Crippen LogP) is 2.47. The van der Waals surface area contributed by atoms with Gasteiger partial charge < -0.3 is 16.2 Å². The fraction of sp³-hybridized carbons (Fsp3) is 0.417. The van der Waals surface area contributed by atoms with Crippen LogP contribution in [0.1, 0.15) is 30.6 Å². The molecule has 0 aliphatic carbocycles. The number of hydrogen-bond acceptors (Lipinski definition) is 3. The number of benzene rings is 1. The van der Waals surface area contributed by atoms with E-state index in [9.17, 15) is 9.90 Å². The largest absolute Gasteiger partial charge is 0.397 e. The standard InChI is InChI=1S/C12H16Cl2N2O2/c1-3-12(2,6-17)16-11(18)7-4-8(13)10(14)9(15)5-7/h4-5,17H,3,6,15H2,1-2H3,(H,16,18). The molecule has 0 aliphatic rings. The summed E-state index contributed by atoms with van der Waals surface area (Å²) in [5, 5.41) is 12.4. The van der Waals surface area contributed by atoms with Gasteiger partial charge in [-0.25, -0.2) is 0 Å². The molecule has 1 unspecified atom stereocenters. The van der Waals surface area contributed by atoms with Crippen LogP contribution in [-0.4, -0.2) is 23.2 Å². The van der Waals surface area contributed by atoms with Crippen molar-refractivity contribution in [1.82, 2.24) is 5.32 Å². The SMILES string of the molecule is CCC(C)(CO)NC(=O)c1cc(N)c(Cl)c(Cl)c1. The third-order valence-corrected chi connectivity index (χ3v) is 3.68. The Morgan fingerprint density at radius 3 is 2.56 bits per heavy atom. The number of carbonyl (C=O) groups excluding carboxylic acids is 1. The number of anilines is 1. The summed E-state index contributed by atoms with van der Waals surface area (Å²) in [6.45, 7) is 3.48. The van der Waals surface area contributed by atoms with E-state index in [0.717, 1.165) is 0 Å². The summed E-state index contributed by atoms with van der Waals surface area (Å²) in [5.74, 6) is -0.348. The van der Waals surface area contributed by atoms with E-state index < -0.39 is 5.54 Å². The molecule has 0 aromatic heterocycles. The lowest BCUT2D eigenvalue weighted by Crippen LogP contribution is -2.48. The second-order valence-electron chi connectivity index (χ2n) is 4.39. The second-order valence-corrected chi connectivity index (χ2v) is 5.17. The fourth-order valence-corrected chi connectivity index (χ4v) is 1.66. The first-order chi connectivity index (χ1) is 8.33. The average molecular weight is 291 g/mol. The summed E-state index contributed by atoms with van der Waals surface area (Å²) in [5.41, 5.74) is 5.54. The van der Waals surface area contributed by atoms with Crippen LogP contribution in [0, 0.1) is 0 Å². The van der Waals surface area contributed by atoms with E-state index in [1.54, 1.807) is 6.92 Å². The molecule has 0 bridgehead atoms. The van der Waals surface area contributed by atoms with Gasteiger partial charge in [0, 0.05) is 5.56 Å². The number of aliphatic hydroxyl groups excluding tert-OH is 1. The van der Waals surface area contributed by atoms with Crippen LogP contribution >= 0.6 is 23.2 Å². The first-order valence-electron chi connectivity index (χ1n) is 5.51. The highest BCUT2D eigenvalue weighted by atomic mass is 35.5. The smallest absolute Gasteiger partial charge is 0.251 e. The quantitative estimate of drug-likeness (QED) is 0.746. The highest BCUT2D eigenvalue weighted by Gasteiger charge is 2.24. The molecule has 100 valence electrons. The van der Waals surface area contributed by atoms with Crippen LogP contribution in [0.4, 0.5) is 5.69 Å². The second kappa shape index (κ2) is 5.78. The van der Waals surface area contributed by atoms with Gasteiger partial charge in [0.05, 0.1) is 27.9 Å². The van der Waals surface area contributed by atoms with Crippen LogP contribution < -0.4 is 11.1 Å². The number of aliphatic hydroxyl groups is 1. The zero-order valence-electron chi connectivity index (χ0n) is 10.3. The Bertz CT molecular complexity index is 436. The molecule has 18 heavy (non-hydrogen) atoms. The maximum Gasteiger partial charge on any atom is 0.251 e. The van der Waals surface area contributed by atoms with Gasteiger partial charge in [-0.05, 0) is 25.5 Å². The van der Waals surface area contributed by atoms with Crippen LogP contribution in [0.5, 0.6) is 0 Å². The normalized spacial score (nSPS) is 14.1. The summed E-state index contributed by atoms with van der Waals surface area (Å²) >= 11 is 11.7. The van der Waals surface area contributed by atoms with Crippen molar-refractivity contribution in [2.45, 2.75) is 25.8 Å². The molecule has 1 aromatic rings. The Kier molecular flexibility index (Phi) is 4.85. The molecule has 0 fully saturated rings. The highest BCUT2D eigenvalue weighted by molar-refractivity contribution is 6.43. The first-order valence-corrected chi connectivity index (χ1v) is 6.26. The van der Waals surface area contributed by atoms with E-state index in [2.05, 4.69) is 5.32 Å². The van der Waals surface area contributed by atoms with Gasteiger partial charge >= 0.3 is 0 Å². The topological polar surface area (TPSA) is 75.3 Å². The van der Waals surface area contributed by atoms with Gasteiger partial charge in [0.15, 0.2) is 0 Å². The van der Waals surface area contributed by atoms with Crippen LogP contribution in [0.3, 0.4) is 0 Å². The van der Waals surface area contributed by atoms with Crippen molar-refractivity contribution < 1.29 is 9.90 Å². The van der Waals surface area contributed by atoms with Crippen molar-refractivity contribution in [1.29, 1.82) is 0 Å². The summed E-state index contributed by atoms with van der Waals surface area (Å²) in [4.78, 5) is 12.0. The Balaban J connectivity index is 2.98. The number of rotatable bonds is 4. The molecule has 4 nitrogen and oxygen atoms in total. The summed E-state index contributed by atoms with van der Waals surface area (Å²) < 4.78 is 0. The molecular formula is C12H16Cl2N2O2. The number of amides is 1. The summed E-state index contributed by atoms with van der Waals surface area (Å²) in [7, 11) is 0. The van der Waals surface area contributed by atoms with Crippen LogP contribution in [-0.2, 0) is 0 Å². The van der Waals surface area contributed by atoms with Crippen LogP contribution in [0.25, 0.3) is 0 Å². The lowest BCUT2D eigenvalue weighted by atomic mass is 9.99. The van der Waals surface area contributed by atoms with Gasteiger partial charge in [-0.1, -0.05) is 30.1 Å². The molecule has 1 rings (SSSR count). The first kappa shape index (κ1) is 15.1. The third kappa shape index (κ3) is 3.28. The van der Waals surface area contributed by atoms with Crippen molar-refractivity contribution in [2.24, 2.45) is 0 Å². The maximum absolute atomic E-state index is 12.0. The van der Waals surface area contributed by atoms with Crippen LogP contribution in [0.15, 0.2) is 12.1 Å². The number of carbonyl (C=O) groups is 1. The minimum Gasteiger partial charge on any atom is -0.397 e. The summed E-state index contributed by atoms with van der Waals surface area (Å²) in [6.07, 6.45) is 0.603. The average Bonchev–Trinajstić information content (AvgIpc) is 2.35. The van der Waals surface area contributed by atoms with Crippen molar-refractivity contribution in [3.8, 4) is 0 Å². The Labute approximate surface area is 116 Å². The van der Waals surface area contributed by atoms with Gasteiger partial charge in [-0.15, -0.1) is 0 Å². The number of halogens is 2. The minimum absolute atomic E-state index is 0.147.